The van der Waals surface area contributed by atoms with Crippen LogP contribution in [0, 0.1) is 26.9 Å². The van der Waals surface area contributed by atoms with Crippen molar-refractivity contribution < 1.29 is 9.34 Å². The number of fused-ring (bicyclic) bond motifs is 4. The lowest BCUT2D eigenvalue weighted by Gasteiger charge is -2.33. The summed E-state index contributed by atoms with van der Waals surface area (Å²) in [4.78, 5) is 15.0. The van der Waals surface area contributed by atoms with E-state index >= 15 is 0 Å². The van der Waals surface area contributed by atoms with Crippen LogP contribution in [-0.2, 0) is 0 Å². The molecule has 3 aromatic carbocycles. The maximum atomic E-state index is 11.7. The number of hydrogen-bond donors (Lipinski definition) is 2. The van der Waals surface area contributed by atoms with Crippen molar-refractivity contribution in [2.24, 2.45) is 0 Å². The average molecular weight is 548 g/mol. The van der Waals surface area contributed by atoms with Crippen LogP contribution in [-0.4, -0.2) is 10.8 Å². The molecule has 1 atom stereocenters. The molecule has 0 spiro atoms. The minimum absolute atomic E-state index is 0.0661. The zero-order valence-corrected chi connectivity index (χ0v) is 21.7. The van der Waals surface area contributed by atoms with Crippen LogP contribution in [0.2, 0.25) is 0 Å². The number of nitro groups is 1. The number of furan rings is 1. The van der Waals surface area contributed by atoms with Gasteiger partial charge in [-0.1, -0.05) is 59.9 Å². The van der Waals surface area contributed by atoms with Gasteiger partial charge in [-0.25, -0.2) is 0 Å². The Bertz CT molecular complexity index is 1810. The lowest BCUT2D eigenvalue weighted by molar-refractivity contribution is -0.384. The molecule has 8 nitrogen and oxygen atoms in total. The standard InChI is InChI=1S/C29H17N5O3S2/c30-15-17-25(22-14-13-21(37-22)16-7-1-3-9-19(16)34(35)36)26(28-32-18-8-2-5-11-23(18)38-28)27(31)33-20-10-4-6-12-24(20)39-29(17)33/h1-14,25,31-32H/b28-26+,31-27?. The number of rotatable bonds is 3. The lowest BCUT2D eigenvalue weighted by atomic mass is 9.86. The summed E-state index contributed by atoms with van der Waals surface area (Å²) in [6, 6.07) is 27.9. The van der Waals surface area contributed by atoms with E-state index in [1.807, 2.05) is 53.4 Å². The summed E-state index contributed by atoms with van der Waals surface area (Å²) in [7, 11) is 0. The van der Waals surface area contributed by atoms with E-state index in [0.717, 1.165) is 26.2 Å². The molecular formula is C29H17N5O3S2. The summed E-state index contributed by atoms with van der Waals surface area (Å²) in [6.07, 6.45) is 0. The molecule has 4 aromatic rings. The molecule has 39 heavy (non-hydrogen) atoms. The number of nitrogens with zero attached hydrogens (tertiary/aromatic N) is 3. The summed E-state index contributed by atoms with van der Waals surface area (Å²) in [5.41, 5.74) is 3.14. The Morgan fingerprint density at radius 1 is 0.974 bits per heavy atom. The van der Waals surface area contributed by atoms with Gasteiger partial charge in [0.25, 0.3) is 5.69 Å². The van der Waals surface area contributed by atoms with E-state index in [1.54, 1.807) is 30.3 Å². The molecule has 1 unspecified atom stereocenters. The van der Waals surface area contributed by atoms with E-state index in [2.05, 4.69) is 11.4 Å². The summed E-state index contributed by atoms with van der Waals surface area (Å²) < 4.78 is 6.29. The molecule has 0 saturated carbocycles. The highest BCUT2D eigenvalue weighted by atomic mass is 32.2. The van der Waals surface area contributed by atoms with Crippen LogP contribution in [0.1, 0.15) is 11.7 Å². The Morgan fingerprint density at radius 3 is 2.51 bits per heavy atom. The number of nitrogens with one attached hydrogen (secondary N) is 2. The maximum Gasteiger partial charge on any atom is 0.280 e. The van der Waals surface area contributed by atoms with E-state index in [9.17, 15) is 20.8 Å². The molecule has 0 saturated heterocycles. The summed E-state index contributed by atoms with van der Waals surface area (Å²) >= 11 is 2.97. The topological polar surface area (TPSA) is 119 Å². The number of para-hydroxylation sites is 3. The minimum atomic E-state index is -0.684. The van der Waals surface area contributed by atoms with Gasteiger partial charge in [0.1, 0.15) is 22.4 Å². The van der Waals surface area contributed by atoms with Crippen molar-refractivity contribution >= 4 is 46.4 Å². The van der Waals surface area contributed by atoms with E-state index in [1.165, 1.54) is 29.6 Å². The molecule has 0 aliphatic carbocycles. The number of nitro benzene ring substituents is 1. The fraction of sp³-hybridized carbons (Fsp3) is 0.0345. The quantitative estimate of drug-likeness (QED) is 0.198. The van der Waals surface area contributed by atoms with Crippen molar-refractivity contribution in [2.75, 3.05) is 10.2 Å². The molecule has 4 heterocycles. The molecule has 1 aromatic heterocycles. The van der Waals surface area contributed by atoms with Gasteiger partial charge in [-0.05, 0) is 42.5 Å². The summed E-state index contributed by atoms with van der Waals surface area (Å²) in [5, 5.41) is 36.5. The first-order chi connectivity index (χ1) is 19.0. The molecule has 188 valence electrons. The van der Waals surface area contributed by atoms with Crippen molar-refractivity contribution in [2.45, 2.75) is 15.7 Å². The molecular weight excluding hydrogens is 530 g/mol. The van der Waals surface area contributed by atoms with Gasteiger partial charge in [0.2, 0.25) is 0 Å². The Hall–Kier alpha value is -4.72. The Labute approximate surface area is 231 Å². The molecule has 0 bridgehead atoms. The predicted octanol–water partition coefficient (Wildman–Crippen LogP) is 7.71. The second-order valence-electron chi connectivity index (χ2n) is 8.96. The Balaban J connectivity index is 1.44. The Morgan fingerprint density at radius 2 is 1.72 bits per heavy atom. The number of anilines is 2. The van der Waals surface area contributed by atoms with Crippen molar-refractivity contribution in [1.29, 1.82) is 10.7 Å². The fourth-order valence-electron chi connectivity index (χ4n) is 5.08. The van der Waals surface area contributed by atoms with E-state index < -0.39 is 10.8 Å². The zero-order chi connectivity index (χ0) is 26.7. The maximum absolute atomic E-state index is 11.7. The molecule has 3 aliphatic heterocycles. The fourth-order valence-corrected chi connectivity index (χ4v) is 7.33. The predicted molar refractivity (Wildman–Crippen MR) is 152 cm³/mol. The number of benzene rings is 3. The number of hydrogen-bond acceptors (Lipinski definition) is 8. The average Bonchev–Trinajstić information content (AvgIpc) is 3.69. The van der Waals surface area contributed by atoms with Crippen molar-refractivity contribution in [1.82, 2.24) is 0 Å². The van der Waals surface area contributed by atoms with Gasteiger partial charge in [0, 0.05) is 21.4 Å². The molecule has 0 fully saturated rings. The van der Waals surface area contributed by atoms with Gasteiger partial charge in [-0.15, -0.1) is 0 Å². The SMILES string of the molecule is N#CC1=C2Sc3ccccc3N2C(=N)/C(=C2\Nc3ccccc3S2)C1c1ccc(-c2ccccc2[N+](=O)[O-])o1. The van der Waals surface area contributed by atoms with E-state index in [0.29, 0.717) is 33.3 Å². The second kappa shape index (κ2) is 8.94. The van der Waals surface area contributed by atoms with E-state index in [4.69, 9.17) is 4.42 Å². The second-order valence-corrected chi connectivity index (χ2v) is 11.0. The summed E-state index contributed by atoms with van der Waals surface area (Å²) in [6.45, 7) is 0. The smallest absolute Gasteiger partial charge is 0.280 e. The highest BCUT2D eigenvalue weighted by molar-refractivity contribution is 8.04. The Kier molecular flexibility index (Phi) is 5.36. The molecule has 10 heteroatoms. The third-order valence-electron chi connectivity index (χ3n) is 6.79. The van der Waals surface area contributed by atoms with Crippen LogP contribution in [0.5, 0.6) is 0 Å². The minimum Gasteiger partial charge on any atom is -0.460 e. The zero-order valence-electron chi connectivity index (χ0n) is 20.0. The van der Waals surface area contributed by atoms with Gasteiger partial charge in [0.15, 0.2) is 0 Å². The van der Waals surface area contributed by atoms with Gasteiger partial charge >= 0.3 is 0 Å². The van der Waals surface area contributed by atoms with Gasteiger partial charge < -0.3 is 9.73 Å². The largest absolute Gasteiger partial charge is 0.460 e. The van der Waals surface area contributed by atoms with Crippen molar-refractivity contribution in [3.8, 4) is 17.4 Å². The van der Waals surface area contributed by atoms with Crippen molar-refractivity contribution in [3.05, 3.63) is 122 Å². The first-order valence-corrected chi connectivity index (χ1v) is 13.6. The van der Waals surface area contributed by atoms with Gasteiger partial charge in [-0.2, -0.15) is 5.26 Å². The van der Waals surface area contributed by atoms with Crippen molar-refractivity contribution in [3.63, 3.8) is 0 Å². The third-order valence-corrected chi connectivity index (χ3v) is 9.06. The van der Waals surface area contributed by atoms with Crippen LogP contribution < -0.4 is 10.2 Å². The number of nitriles is 1. The molecule has 0 amide bonds. The molecule has 0 radical (unpaired) electrons. The first-order valence-electron chi connectivity index (χ1n) is 12.0. The highest BCUT2D eigenvalue weighted by Gasteiger charge is 2.45. The first kappa shape index (κ1) is 23.4. The number of allylic oxidation sites excluding steroid dienone is 1. The van der Waals surface area contributed by atoms with Gasteiger partial charge in [0.05, 0.1) is 44.5 Å². The van der Waals surface area contributed by atoms with Gasteiger partial charge in [-0.3, -0.25) is 20.4 Å². The molecule has 3 aliphatic rings. The number of thioether (sulfide) groups is 2. The highest BCUT2D eigenvalue weighted by Crippen LogP contribution is 2.56. The van der Waals surface area contributed by atoms with Crippen LogP contribution in [0.25, 0.3) is 11.3 Å². The van der Waals surface area contributed by atoms with Crippen LogP contribution in [0.15, 0.2) is 120 Å². The van der Waals surface area contributed by atoms with Crippen LogP contribution in [0.3, 0.4) is 0 Å². The van der Waals surface area contributed by atoms with Crippen LogP contribution in [0.4, 0.5) is 17.1 Å². The monoisotopic (exact) mass is 547 g/mol. The normalized spacial score (nSPS) is 19.3. The molecule has 2 N–H and O–H groups in total. The van der Waals surface area contributed by atoms with Crippen LogP contribution >= 0.6 is 23.5 Å². The molecule has 7 rings (SSSR count). The number of amidine groups is 1. The lowest BCUT2D eigenvalue weighted by Crippen LogP contribution is -2.36. The van der Waals surface area contributed by atoms with E-state index in [-0.39, 0.29) is 11.5 Å². The third kappa shape index (κ3) is 3.59. The summed E-state index contributed by atoms with van der Waals surface area (Å²) in [5.74, 6) is 0.332.